The third-order valence-electron chi connectivity index (χ3n) is 1.77. The van der Waals surface area contributed by atoms with E-state index < -0.39 is 11.7 Å². The summed E-state index contributed by atoms with van der Waals surface area (Å²) in [5, 5.41) is 0. The Morgan fingerprint density at radius 3 is 2.53 bits per heavy atom. The maximum Gasteiger partial charge on any atom is 0.416 e. The second-order valence-corrected chi connectivity index (χ2v) is 2.93. The Balaban J connectivity index is 2.84. The number of halogens is 3. The van der Waals surface area contributed by atoms with Gasteiger partial charge in [-0.25, -0.2) is 0 Å². The highest BCUT2D eigenvalue weighted by molar-refractivity contribution is 5.28. The average Bonchev–Trinajstić information content (AvgIpc) is 2.17. The molecule has 0 spiro atoms. The van der Waals surface area contributed by atoms with Gasteiger partial charge in [-0.05, 0) is 11.6 Å². The van der Waals surface area contributed by atoms with E-state index in [1.807, 2.05) is 0 Å². The molecule has 80 valence electrons. The highest BCUT2D eigenvalue weighted by atomic mass is 19.4. The monoisotopic (exact) mass is 213 g/mol. The van der Waals surface area contributed by atoms with Gasteiger partial charge < -0.3 is 5.73 Å². The largest absolute Gasteiger partial charge is 0.416 e. The van der Waals surface area contributed by atoms with E-state index in [9.17, 15) is 13.2 Å². The standard InChI is InChI=1S/C11H10F3N/c12-11(13,14)10-6-3-5-9(8-10)4-1-2-7-15/h3,5-6,8H,4,7,15H2. The van der Waals surface area contributed by atoms with Crippen LogP contribution in [0.25, 0.3) is 0 Å². The van der Waals surface area contributed by atoms with Crippen LogP contribution in [0.3, 0.4) is 0 Å². The van der Waals surface area contributed by atoms with Crippen LogP contribution in [-0.4, -0.2) is 6.54 Å². The van der Waals surface area contributed by atoms with E-state index in [1.54, 1.807) is 6.07 Å². The van der Waals surface area contributed by atoms with Crippen molar-refractivity contribution in [3.05, 3.63) is 35.4 Å². The van der Waals surface area contributed by atoms with Gasteiger partial charge in [-0.2, -0.15) is 13.2 Å². The molecule has 1 nitrogen and oxygen atoms in total. The zero-order valence-corrected chi connectivity index (χ0v) is 7.93. The quantitative estimate of drug-likeness (QED) is 0.711. The van der Waals surface area contributed by atoms with Crippen molar-refractivity contribution in [3.8, 4) is 11.8 Å². The molecular weight excluding hydrogens is 203 g/mol. The molecule has 0 bridgehead atoms. The van der Waals surface area contributed by atoms with Crippen LogP contribution in [0.2, 0.25) is 0 Å². The smallest absolute Gasteiger partial charge is 0.320 e. The summed E-state index contributed by atoms with van der Waals surface area (Å²) in [6.07, 6.45) is -4.00. The summed E-state index contributed by atoms with van der Waals surface area (Å²) in [7, 11) is 0. The summed E-state index contributed by atoms with van der Waals surface area (Å²) in [5.74, 6) is 5.29. The van der Waals surface area contributed by atoms with Crippen molar-refractivity contribution in [2.75, 3.05) is 6.54 Å². The third-order valence-corrected chi connectivity index (χ3v) is 1.77. The van der Waals surface area contributed by atoms with Gasteiger partial charge in [0.25, 0.3) is 0 Å². The van der Waals surface area contributed by atoms with Crippen LogP contribution < -0.4 is 5.73 Å². The van der Waals surface area contributed by atoms with Crippen LogP contribution in [-0.2, 0) is 12.6 Å². The molecule has 1 aromatic rings. The van der Waals surface area contributed by atoms with Crippen LogP contribution in [0, 0.1) is 11.8 Å². The summed E-state index contributed by atoms with van der Waals surface area (Å²) in [5.41, 5.74) is 5.04. The number of alkyl halides is 3. The molecule has 0 aliphatic carbocycles. The second kappa shape index (κ2) is 4.85. The Hall–Kier alpha value is -1.47. The maximum absolute atomic E-state index is 12.3. The molecule has 0 heterocycles. The summed E-state index contributed by atoms with van der Waals surface area (Å²) in [6, 6.07) is 5.13. The van der Waals surface area contributed by atoms with E-state index in [-0.39, 0.29) is 6.54 Å². The fraction of sp³-hybridized carbons (Fsp3) is 0.273. The van der Waals surface area contributed by atoms with E-state index in [1.165, 1.54) is 6.07 Å². The van der Waals surface area contributed by atoms with Crippen molar-refractivity contribution in [3.63, 3.8) is 0 Å². The van der Waals surface area contributed by atoms with E-state index >= 15 is 0 Å². The summed E-state index contributed by atoms with van der Waals surface area (Å²) in [6.45, 7) is 0.221. The van der Waals surface area contributed by atoms with Gasteiger partial charge in [0.2, 0.25) is 0 Å². The minimum atomic E-state index is -4.29. The van der Waals surface area contributed by atoms with Gasteiger partial charge in [0.05, 0.1) is 12.1 Å². The van der Waals surface area contributed by atoms with Crippen LogP contribution in [0.4, 0.5) is 13.2 Å². The van der Waals surface area contributed by atoms with Gasteiger partial charge in [0.1, 0.15) is 0 Å². The predicted octanol–water partition coefficient (Wildman–Crippen LogP) is 2.21. The first-order valence-electron chi connectivity index (χ1n) is 4.36. The molecule has 0 aliphatic rings. The lowest BCUT2D eigenvalue weighted by atomic mass is 10.1. The Kier molecular flexibility index (Phi) is 3.75. The molecule has 4 heteroatoms. The van der Waals surface area contributed by atoms with Crippen molar-refractivity contribution in [2.24, 2.45) is 5.73 Å². The third kappa shape index (κ3) is 3.64. The van der Waals surface area contributed by atoms with Gasteiger partial charge >= 0.3 is 6.18 Å². The lowest BCUT2D eigenvalue weighted by molar-refractivity contribution is -0.137. The number of benzene rings is 1. The fourth-order valence-corrected chi connectivity index (χ4v) is 1.09. The van der Waals surface area contributed by atoms with Crippen molar-refractivity contribution in [1.29, 1.82) is 0 Å². The van der Waals surface area contributed by atoms with Crippen LogP contribution in [0.5, 0.6) is 0 Å². The van der Waals surface area contributed by atoms with Crippen molar-refractivity contribution in [2.45, 2.75) is 12.6 Å². The second-order valence-electron chi connectivity index (χ2n) is 2.93. The molecule has 0 saturated carbocycles. The minimum absolute atomic E-state index is 0.221. The van der Waals surface area contributed by atoms with Gasteiger partial charge in [-0.1, -0.05) is 30.0 Å². The van der Waals surface area contributed by atoms with Gasteiger partial charge in [0.15, 0.2) is 0 Å². The van der Waals surface area contributed by atoms with Crippen molar-refractivity contribution >= 4 is 0 Å². The Labute approximate surface area is 86.1 Å². The SMILES string of the molecule is NCC#CCc1cccc(C(F)(F)F)c1. The molecule has 0 aromatic heterocycles. The van der Waals surface area contributed by atoms with Crippen LogP contribution in [0.1, 0.15) is 11.1 Å². The van der Waals surface area contributed by atoms with Crippen molar-refractivity contribution in [1.82, 2.24) is 0 Å². The van der Waals surface area contributed by atoms with Crippen molar-refractivity contribution < 1.29 is 13.2 Å². The summed E-state index contributed by atoms with van der Waals surface area (Å²) >= 11 is 0. The van der Waals surface area contributed by atoms with E-state index in [4.69, 9.17) is 5.73 Å². The lowest BCUT2D eigenvalue weighted by Gasteiger charge is -2.06. The number of hydrogen-bond acceptors (Lipinski definition) is 1. The predicted molar refractivity (Wildman–Crippen MR) is 52.0 cm³/mol. The summed E-state index contributed by atoms with van der Waals surface area (Å²) < 4.78 is 36.9. The van der Waals surface area contributed by atoms with Gasteiger partial charge in [-0.15, -0.1) is 0 Å². The van der Waals surface area contributed by atoms with E-state index in [0.29, 0.717) is 12.0 Å². The number of nitrogens with two attached hydrogens (primary N) is 1. The fourth-order valence-electron chi connectivity index (χ4n) is 1.09. The zero-order valence-electron chi connectivity index (χ0n) is 7.93. The molecule has 0 atom stereocenters. The Morgan fingerprint density at radius 2 is 1.93 bits per heavy atom. The lowest BCUT2D eigenvalue weighted by Crippen LogP contribution is -2.05. The molecule has 15 heavy (non-hydrogen) atoms. The molecule has 1 aromatic carbocycles. The molecule has 0 fully saturated rings. The molecular formula is C11H10F3N. The average molecular weight is 213 g/mol. The molecule has 0 amide bonds. The number of rotatable bonds is 1. The maximum atomic E-state index is 12.3. The van der Waals surface area contributed by atoms with Gasteiger partial charge in [0, 0.05) is 6.42 Å². The molecule has 0 unspecified atom stereocenters. The minimum Gasteiger partial charge on any atom is -0.320 e. The first-order chi connectivity index (χ1) is 7.04. The highest BCUT2D eigenvalue weighted by Crippen LogP contribution is 2.29. The molecule has 0 aliphatic heterocycles. The van der Waals surface area contributed by atoms with E-state index in [2.05, 4.69) is 11.8 Å². The Bertz CT molecular complexity index is 385. The Morgan fingerprint density at radius 1 is 1.20 bits per heavy atom. The first-order valence-corrected chi connectivity index (χ1v) is 4.36. The topological polar surface area (TPSA) is 26.0 Å². The molecule has 2 N–H and O–H groups in total. The zero-order chi connectivity index (χ0) is 11.3. The molecule has 0 saturated heterocycles. The summed E-state index contributed by atoms with van der Waals surface area (Å²) in [4.78, 5) is 0. The normalized spacial score (nSPS) is 10.7. The molecule has 1 rings (SSSR count). The molecule has 0 radical (unpaired) electrons. The van der Waals surface area contributed by atoms with Gasteiger partial charge in [-0.3, -0.25) is 0 Å². The van der Waals surface area contributed by atoms with E-state index in [0.717, 1.165) is 12.1 Å². The van der Waals surface area contributed by atoms with Crippen LogP contribution in [0.15, 0.2) is 24.3 Å². The van der Waals surface area contributed by atoms with Crippen LogP contribution >= 0.6 is 0 Å². The first kappa shape index (κ1) is 11.6. The highest BCUT2D eigenvalue weighted by Gasteiger charge is 2.30. The number of hydrogen-bond donors (Lipinski definition) is 1.